The Balaban J connectivity index is 2.34. The van der Waals surface area contributed by atoms with E-state index in [1.54, 1.807) is 0 Å². The second-order valence-electron chi connectivity index (χ2n) is 2.83. The fourth-order valence-corrected chi connectivity index (χ4v) is 3.95. The zero-order valence-corrected chi connectivity index (χ0v) is 8.43. The van der Waals surface area contributed by atoms with Crippen LogP contribution in [-0.4, -0.2) is 23.0 Å². The van der Waals surface area contributed by atoms with E-state index in [4.69, 9.17) is 0 Å². The molecule has 1 fully saturated rings. The standard InChI is InChI=1S/C8H16S2/c1-9-7-5-3-4-6-8(7)10-2/h7-8H,3-6H2,1-2H3/t7-,8-/m0/s1. The quantitative estimate of drug-likeness (QED) is 0.634. The van der Waals surface area contributed by atoms with Crippen molar-refractivity contribution in [2.24, 2.45) is 0 Å². The molecule has 0 aromatic rings. The van der Waals surface area contributed by atoms with E-state index in [1.165, 1.54) is 25.7 Å². The molecular weight excluding hydrogens is 160 g/mol. The highest BCUT2D eigenvalue weighted by Crippen LogP contribution is 2.33. The van der Waals surface area contributed by atoms with Crippen LogP contribution in [0.4, 0.5) is 0 Å². The summed E-state index contributed by atoms with van der Waals surface area (Å²) in [6.45, 7) is 0. The Kier molecular flexibility index (Phi) is 4.00. The molecule has 0 spiro atoms. The normalized spacial score (nSPS) is 34.2. The van der Waals surface area contributed by atoms with Crippen LogP contribution >= 0.6 is 23.5 Å². The third-order valence-corrected chi connectivity index (χ3v) is 4.76. The maximum atomic E-state index is 2.25. The summed E-state index contributed by atoms with van der Waals surface area (Å²) in [5, 5.41) is 1.90. The van der Waals surface area contributed by atoms with Gasteiger partial charge in [-0.05, 0) is 25.4 Å². The summed E-state index contributed by atoms with van der Waals surface area (Å²) in [6.07, 6.45) is 10.3. The van der Waals surface area contributed by atoms with Gasteiger partial charge >= 0.3 is 0 Å². The van der Waals surface area contributed by atoms with Gasteiger partial charge in [-0.3, -0.25) is 0 Å². The fraction of sp³-hybridized carbons (Fsp3) is 1.00. The van der Waals surface area contributed by atoms with E-state index in [0.717, 1.165) is 10.5 Å². The maximum Gasteiger partial charge on any atom is 0.0163 e. The zero-order valence-electron chi connectivity index (χ0n) is 6.80. The van der Waals surface area contributed by atoms with Crippen molar-refractivity contribution in [3.8, 4) is 0 Å². The maximum absolute atomic E-state index is 2.25. The Morgan fingerprint density at radius 3 is 1.60 bits per heavy atom. The third kappa shape index (κ3) is 2.09. The van der Waals surface area contributed by atoms with E-state index in [0.29, 0.717) is 0 Å². The van der Waals surface area contributed by atoms with Crippen molar-refractivity contribution < 1.29 is 0 Å². The molecule has 60 valence electrons. The second-order valence-corrected chi connectivity index (χ2v) is 4.99. The summed E-state index contributed by atoms with van der Waals surface area (Å²) in [7, 11) is 0. The highest BCUT2D eigenvalue weighted by Gasteiger charge is 2.22. The number of hydrogen-bond donors (Lipinski definition) is 0. The average Bonchev–Trinajstić information content (AvgIpc) is 2.04. The van der Waals surface area contributed by atoms with Crippen LogP contribution in [0.1, 0.15) is 25.7 Å². The molecule has 0 aromatic heterocycles. The summed E-state index contributed by atoms with van der Waals surface area (Å²) in [5.74, 6) is 0. The van der Waals surface area contributed by atoms with Crippen LogP contribution in [0.3, 0.4) is 0 Å². The van der Waals surface area contributed by atoms with Crippen molar-refractivity contribution in [2.75, 3.05) is 12.5 Å². The third-order valence-electron chi connectivity index (χ3n) is 2.25. The molecular formula is C8H16S2. The van der Waals surface area contributed by atoms with Gasteiger partial charge in [0.15, 0.2) is 0 Å². The van der Waals surface area contributed by atoms with Gasteiger partial charge in [-0.1, -0.05) is 12.8 Å². The van der Waals surface area contributed by atoms with Gasteiger partial charge in [0.25, 0.3) is 0 Å². The van der Waals surface area contributed by atoms with Crippen LogP contribution in [0.25, 0.3) is 0 Å². The lowest BCUT2D eigenvalue weighted by Crippen LogP contribution is -2.23. The molecule has 0 amide bonds. The first-order valence-corrected chi connectivity index (χ1v) is 6.51. The van der Waals surface area contributed by atoms with E-state index < -0.39 is 0 Å². The van der Waals surface area contributed by atoms with Crippen molar-refractivity contribution in [1.82, 2.24) is 0 Å². The molecule has 2 atom stereocenters. The van der Waals surface area contributed by atoms with Gasteiger partial charge in [0.1, 0.15) is 0 Å². The first-order valence-electron chi connectivity index (χ1n) is 3.94. The van der Waals surface area contributed by atoms with Gasteiger partial charge in [0.2, 0.25) is 0 Å². The van der Waals surface area contributed by atoms with Gasteiger partial charge < -0.3 is 0 Å². The van der Waals surface area contributed by atoms with Gasteiger partial charge in [0.05, 0.1) is 0 Å². The molecule has 0 N–H and O–H groups in total. The minimum Gasteiger partial charge on any atom is -0.161 e. The zero-order chi connectivity index (χ0) is 7.40. The summed E-state index contributed by atoms with van der Waals surface area (Å²) in [6, 6.07) is 0. The summed E-state index contributed by atoms with van der Waals surface area (Å²) < 4.78 is 0. The van der Waals surface area contributed by atoms with E-state index in [2.05, 4.69) is 36.0 Å². The molecule has 0 unspecified atom stereocenters. The minimum atomic E-state index is 0.948. The minimum absolute atomic E-state index is 0.948. The smallest absolute Gasteiger partial charge is 0.0163 e. The van der Waals surface area contributed by atoms with Gasteiger partial charge in [-0.25, -0.2) is 0 Å². The molecule has 0 heterocycles. The molecule has 0 bridgehead atoms. The fourth-order valence-electron chi connectivity index (χ4n) is 1.60. The van der Waals surface area contributed by atoms with Gasteiger partial charge in [0, 0.05) is 10.5 Å². The molecule has 0 saturated heterocycles. The predicted molar refractivity (Wildman–Crippen MR) is 53.1 cm³/mol. The Morgan fingerprint density at radius 1 is 0.900 bits per heavy atom. The van der Waals surface area contributed by atoms with Crippen LogP contribution in [0, 0.1) is 0 Å². The molecule has 1 aliphatic carbocycles. The van der Waals surface area contributed by atoms with Crippen molar-refractivity contribution in [3.63, 3.8) is 0 Å². The molecule has 1 saturated carbocycles. The lowest BCUT2D eigenvalue weighted by molar-refractivity contribution is 0.529. The molecule has 10 heavy (non-hydrogen) atoms. The Morgan fingerprint density at radius 2 is 1.30 bits per heavy atom. The van der Waals surface area contributed by atoms with Gasteiger partial charge in [-0.2, -0.15) is 23.5 Å². The van der Waals surface area contributed by atoms with Crippen LogP contribution in [0.2, 0.25) is 0 Å². The summed E-state index contributed by atoms with van der Waals surface area (Å²) >= 11 is 4.12. The number of hydrogen-bond acceptors (Lipinski definition) is 2. The topological polar surface area (TPSA) is 0 Å². The molecule has 0 nitrogen and oxygen atoms in total. The molecule has 0 aliphatic heterocycles. The lowest BCUT2D eigenvalue weighted by atomic mass is 10.00. The van der Waals surface area contributed by atoms with E-state index in [-0.39, 0.29) is 0 Å². The lowest BCUT2D eigenvalue weighted by Gasteiger charge is -2.28. The first-order chi connectivity index (χ1) is 4.88. The monoisotopic (exact) mass is 176 g/mol. The van der Waals surface area contributed by atoms with E-state index in [1.807, 2.05) is 0 Å². The van der Waals surface area contributed by atoms with Crippen LogP contribution < -0.4 is 0 Å². The molecule has 1 aliphatic rings. The molecule has 0 radical (unpaired) electrons. The van der Waals surface area contributed by atoms with E-state index >= 15 is 0 Å². The molecule has 0 aromatic carbocycles. The SMILES string of the molecule is CS[C@H]1CCCC[C@@H]1SC. The van der Waals surface area contributed by atoms with Crippen molar-refractivity contribution in [2.45, 2.75) is 36.2 Å². The second kappa shape index (κ2) is 4.55. The molecule has 2 heteroatoms. The molecule has 1 rings (SSSR count). The van der Waals surface area contributed by atoms with Crippen molar-refractivity contribution >= 4 is 23.5 Å². The number of rotatable bonds is 2. The average molecular weight is 176 g/mol. The Bertz CT molecular complexity index is 81.3. The van der Waals surface area contributed by atoms with E-state index in [9.17, 15) is 0 Å². The van der Waals surface area contributed by atoms with Crippen molar-refractivity contribution in [3.05, 3.63) is 0 Å². The number of thioether (sulfide) groups is 2. The summed E-state index contributed by atoms with van der Waals surface area (Å²) in [5.41, 5.74) is 0. The van der Waals surface area contributed by atoms with Crippen LogP contribution in [-0.2, 0) is 0 Å². The first kappa shape index (κ1) is 8.79. The Labute approximate surface area is 72.5 Å². The van der Waals surface area contributed by atoms with Crippen LogP contribution in [0.5, 0.6) is 0 Å². The highest BCUT2D eigenvalue weighted by atomic mass is 32.2. The predicted octanol–water partition coefficient (Wildman–Crippen LogP) is 3.02. The van der Waals surface area contributed by atoms with Crippen molar-refractivity contribution in [1.29, 1.82) is 0 Å². The van der Waals surface area contributed by atoms with Gasteiger partial charge in [-0.15, -0.1) is 0 Å². The van der Waals surface area contributed by atoms with Crippen LogP contribution in [0.15, 0.2) is 0 Å². The highest BCUT2D eigenvalue weighted by molar-refractivity contribution is 8.03. The Hall–Kier alpha value is 0.700. The largest absolute Gasteiger partial charge is 0.161 e. The summed E-state index contributed by atoms with van der Waals surface area (Å²) in [4.78, 5) is 0.